The van der Waals surface area contributed by atoms with Gasteiger partial charge in [-0.2, -0.15) is 0 Å². The molecule has 0 aliphatic heterocycles. The van der Waals surface area contributed by atoms with Crippen molar-refractivity contribution in [3.63, 3.8) is 0 Å². The van der Waals surface area contributed by atoms with Crippen LogP contribution in [0.3, 0.4) is 0 Å². The Morgan fingerprint density at radius 1 is 1.39 bits per heavy atom. The van der Waals surface area contributed by atoms with Crippen molar-refractivity contribution in [3.8, 4) is 0 Å². The fourth-order valence-electron chi connectivity index (χ4n) is 3.83. The molecule has 5 heteroatoms. The number of benzene rings is 1. The van der Waals surface area contributed by atoms with Gasteiger partial charge in [0.15, 0.2) is 0 Å². The summed E-state index contributed by atoms with van der Waals surface area (Å²) in [5.41, 5.74) is 8.33. The number of nitrogens with one attached hydrogen (secondary N) is 1. The van der Waals surface area contributed by atoms with E-state index in [1.54, 1.807) is 0 Å². The van der Waals surface area contributed by atoms with E-state index >= 15 is 0 Å². The SMILES string of the molecule is CCOC1CC(NC(=O)C(N)c2ccc(C)cc2)C12CCC2.Cl. The second-order valence-electron chi connectivity index (χ2n) is 6.72. The Kier molecular flexibility index (Phi) is 5.71. The van der Waals surface area contributed by atoms with Crippen molar-refractivity contribution < 1.29 is 9.53 Å². The smallest absolute Gasteiger partial charge is 0.241 e. The van der Waals surface area contributed by atoms with Crippen LogP contribution in [0.25, 0.3) is 0 Å². The Labute approximate surface area is 144 Å². The largest absolute Gasteiger partial charge is 0.378 e. The monoisotopic (exact) mass is 338 g/mol. The van der Waals surface area contributed by atoms with Crippen LogP contribution in [0, 0.1) is 12.3 Å². The normalized spacial score (nSPS) is 25.7. The van der Waals surface area contributed by atoms with Gasteiger partial charge >= 0.3 is 0 Å². The van der Waals surface area contributed by atoms with Gasteiger partial charge in [-0.15, -0.1) is 12.4 Å². The molecule has 128 valence electrons. The maximum absolute atomic E-state index is 12.4. The Morgan fingerprint density at radius 3 is 2.57 bits per heavy atom. The third kappa shape index (κ3) is 3.25. The average Bonchev–Trinajstić information content (AvgIpc) is 2.44. The molecule has 2 saturated carbocycles. The van der Waals surface area contributed by atoms with Gasteiger partial charge < -0.3 is 15.8 Å². The second kappa shape index (κ2) is 7.20. The number of nitrogens with two attached hydrogens (primary N) is 1. The molecule has 0 saturated heterocycles. The number of hydrogen-bond donors (Lipinski definition) is 2. The van der Waals surface area contributed by atoms with Crippen LogP contribution < -0.4 is 11.1 Å². The van der Waals surface area contributed by atoms with E-state index < -0.39 is 6.04 Å². The van der Waals surface area contributed by atoms with Gasteiger partial charge in [0.25, 0.3) is 0 Å². The molecule has 3 rings (SSSR count). The predicted octanol–water partition coefficient (Wildman–Crippen LogP) is 2.88. The zero-order valence-electron chi connectivity index (χ0n) is 13.9. The minimum absolute atomic E-state index is 0. The molecule has 2 aliphatic carbocycles. The number of carbonyl (C=O) groups excluding carboxylic acids is 1. The number of aryl methyl sites for hydroxylation is 1. The van der Waals surface area contributed by atoms with Crippen molar-refractivity contribution in [2.24, 2.45) is 11.1 Å². The van der Waals surface area contributed by atoms with Crippen molar-refractivity contribution in [2.75, 3.05) is 6.61 Å². The molecule has 3 atom stereocenters. The lowest BCUT2D eigenvalue weighted by Gasteiger charge is -2.61. The minimum Gasteiger partial charge on any atom is -0.378 e. The maximum atomic E-state index is 12.4. The molecule has 3 unspecified atom stereocenters. The third-order valence-electron chi connectivity index (χ3n) is 5.47. The standard InChI is InChI=1S/C18H26N2O2.ClH/c1-3-22-15-11-14(18(15)9-4-10-18)20-17(21)16(19)13-7-5-12(2)6-8-13;/h5-8,14-16H,3-4,9-11,19H2,1-2H3,(H,20,21);1H. The van der Waals surface area contributed by atoms with Crippen molar-refractivity contribution in [2.45, 2.75) is 57.7 Å². The topological polar surface area (TPSA) is 64.3 Å². The molecular formula is C18H27ClN2O2. The van der Waals surface area contributed by atoms with Crippen LogP contribution in [0.1, 0.15) is 49.8 Å². The van der Waals surface area contributed by atoms with Gasteiger partial charge in [0.05, 0.1) is 6.10 Å². The van der Waals surface area contributed by atoms with Crippen molar-refractivity contribution in [1.82, 2.24) is 5.32 Å². The first kappa shape index (κ1) is 18.2. The molecule has 0 aromatic heterocycles. The summed E-state index contributed by atoms with van der Waals surface area (Å²) in [6.45, 7) is 4.81. The summed E-state index contributed by atoms with van der Waals surface area (Å²) in [5.74, 6) is -0.0740. The first-order chi connectivity index (χ1) is 10.6. The highest BCUT2D eigenvalue weighted by Crippen LogP contribution is 2.57. The first-order valence-corrected chi connectivity index (χ1v) is 8.31. The fraction of sp³-hybridized carbons (Fsp3) is 0.611. The van der Waals surface area contributed by atoms with E-state index in [0.29, 0.717) is 6.10 Å². The van der Waals surface area contributed by atoms with Gasteiger partial charge in [0, 0.05) is 18.1 Å². The molecule has 1 amide bonds. The highest BCUT2D eigenvalue weighted by atomic mass is 35.5. The van der Waals surface area contributed by atoms with Gasteiger partial charge in [-0.05, 0) is 38.7 Å². The van der Waals surface area contributed by atoms with Crippen LogP contribution in [0.5, 0.6) is 0 Å². The lowest BCUT2D eigenvalue weighted by atomic mass is 9.51. The van der Waals surface area contributed by atoms with Crippen LogP contribution in [0.4, 0.5) is 0 Å². The van der Waals surface area contributed by atoms with Gasteiger partial charge in [-0.25, -0.2) is 0 Å². The molecule has 0 bridgehead atoms. The lowest BCUT2D eigenvalue weighted by Crippen LogP contribution is -2.68. The predicted molar refractivity (Wildman–Crippen MR) is 93.6 cm³/mol. The molecule has 2 fully saturated rings. The maximum Gasteiger partial charge on any atom is 0.241 e. The Balaban J connectivity index is 0.00000192. The zero-order chi connectivity index (χ0) is 15.7. The van der Waals surface area contributed by atoms with Crippen LogP contribution in [-0.4, -0.2) is 24.7 Å². The number of ether oxygens (including phenoxy) is 1. The summed E-state index contributed by atoms with van der Waals surface area (Å²) in [5, 5.41) is 3.17. The van der Waals surface area contributed by atoms with E-state index in [9.17, 15) is 4.79 Å². The zero-order valence-corrected chi connectivity index (χ0v) is 14.7. The summed E-state index contributed by atoms with van der Waals surface area (Å²) < 4.78 is 5.82. The first-order valence-electron chi connectivity index (χ1n) is 8.31. The fourth-order valence-corrected chi connectivity index (χ4v) is 3.83. The summed E-state index contributed by atoms with van der Waals surface area (Å²) in [6.07, 6.45) is 4.78. The Hall–Kier alpha value is -1.10. The van der Waals surface area contributed by atoms with Crippen molar-refractivity contribution in [3.05, 3.63) is 35.4 Å². The average molecular weight is 339 g/mol. The van der Waals surface area contributed by atoms with Gasteiger partial charge in [0.2, 0.25) is 5.91 Å². The molecule has 1 aromatic rings. The van der Waals surface area contributed by atoms with E-state index in [2.05, 4.69) is 5.32 Å². The molecule has 0 heterocycles. The Bertz CT molecular complexity index is 542. The quantitative estimate of drug-likeness (QED) is 0.867. The molecule has 23 heavy (non-hydrogen) atoms. The highest BCUT2D eigenvalue weighted by Gasteiger charge is 2.59. The van der Waals surface area contributed by atoms with E-state index in [-0.39, 0.29) is 29.8 Å². The number of rotatable bonds is 5. The highest BCUT2D eigenvalue weighted by molar-refractivity contribution is 5.85. The molecule has 1 spiro atoms. The molecule has 1 aromatic carbocycles. The lowest BCUT2D eigenvalue weighted by molar-refractivity contribution is -0.176. The molecule has 4 nitrogen and oxygen atoms in total. The number of halogens is 1. The Morgan fingerprint density at radius 2 is 2.04 bits per heavy atom. The van der Waals surface area contributed by atoms with Gasteiger partial charge in [-0.3, -0.25) is 4.79 Å². The number of carbonyl (C=O) groups is 1. The molecule has 3 N–H and O–H groups in total. The van der Waals surface area contributed by atoms with E-state index in [4.69, 9.17) is 10.5 Å². The molecule has 2 aliphatic rings. The second-order valence-corrected chi connectivity index (χ2v) is 6.72. The van der Waals surface area contributed by atoms with Crippen LogP contribution in [0.15, 0.2) is 24.3 Å². The summed E-state index contributed by atoms with van der Waals surface area (Å²) >= 11 is 0. The minimum atomic E-state index is -0.594. The van der Waals surface area contributed by atoms with Crippen molar-refractivity contribution >= 4 is 18.3 Å². The summed E-state index contributed by atoms with van der Waals surface area (Å²) in [6, 6.07) is 7.48. The van der Waals surface area contributed by atoms with E-state index in [1.807, 2.05) is 38.1 Å². The number of amides is 1. The van der Waals surface area contributed by atoms with Gasteiger partial charge in [0.1, 0.15) is 6.04 Å². The molecule has 0 radical (unpaired) electrons. The van der Waals surface area contributed by atoms with Crippen LogP contribution in [0.2, 0.25) is 0 Å². The number of hydrogen-bond acceptors (Lipinski definition) is 3. The van der Waals surface area contributed by atoms with E-state index in [0.717, 1.165) is 31.4 Å². The molecular weight excluding hydrogens is 312 g/mol. The van der Waals surface area contributed by atoms with Crippen molar-refractivity contribution in [1.29, 1.82) is 0 Å². The van der Waals surface area contributed by atoms with Gasteiger partial charge in [-0.1, -0.05) is 36.2 Å². The summed E-state index contributed by atoms with van der Waals surface area (Å²) in [7, 11) is 0. The third-order valence-corrected chi connectivity index (χ3v) is 5.47. The van der Waals surface area contributed by atoms with E-state index in [1.165, 1.54) is 12.0 Å². The van der Waals surface area contributed by atoms with Crippen LogP contribution in [-0.2, 0) is 9.53 Å². The van der Waals surface area contributed by atoms with Crippen LogP contribution >= 0.6 is 12.4 Å². The summed E-state index contributed by atoms with van der Waals surface area (Å²) in [4.78, 5) is 12.4.